The van der Waals surface area contributed by atoms with Crippen LogP contribution in [0.1, 0.15) is 18.7 Å². The van der Waals surface area contributed by atoms with Crippen molar-refractivity contribution in [1.82, 2.24) is 29.0 Å². The SMILES string of the molecule is NC1CC(N)(c2ncc3c(-c4cnc5nccn5c4)ccn3n2)C1. The van der Waals surface area contributed by atoms with Gasteiger partial charge in [-0.05, 0) is 18.9 Å². The number of rotatable bonds is 2. The third-order valence-electron chi connectivity index (χ3n) is 4.67. The molecule has 120 valence electrons. The molecular formula is C16H16N8. The summed E-state index contributed by atoms with van der Waals surface area (Å²) < 4.78 is 3.70. The topological polar surface area (TPSA) is 112 Å². The van der Waals surface area contributed by atoms with Gasteiger partial charge in [0.05, 0.1) is 17.3 Å². The van der Waals surface area contributed by atoms with Crippen LogP contribution >= 0.6 is 0 Å². The molecule has 1 aliphatic carbocycles. The summed E-state index contributed by atoms with van der Waals surface area (Å²) in [6.45, 7) is 0. The van der Waals surface area contributed by atoms with Crippen molar-refractivity contribution in [2.45, 2.75) is 24.4 Å². The lowest BCUT2D eigenvalue weighted by Crippen LogP contribution is -2.56. The Hall–Kier alpha value is -2.84. The highest BCUT2D eigenvalue weighted by atomic mass is 15.3. The molecule has 0 spiro atoms. The van der Waals surface area contributed by atoms with Crippen LogP contribution in [-0.2, 0) is 5.54 Å². The van der Waals surface area contributed by atoms with Crippen LogP contribution in [-0.4, -0.2) is 35.0 Å². The summed E-state index contributed by atoms with van der Waals surface area (Å²) in [4.78, 5) is 13.0. The quantitative estimate of drug-likeness (QED) is 0.562. The fraction of sp³-hybridized carbons (Fsp3) is 0.250. The van der Waals surface area contributed by atoms with Gasteiger partial charge in [-0.2, -0.15) is 5.10 Å². The predicted molar refractivity (Wildman–Crippen MR) is 88.0 cm³/mol. The third kappa shape index (κ3) is 1.87. The van der Waals surface area contributed by atoms with E-state index in [1.54, 1.807) is 12.4 Å². The van der Waals surface area contributed by atoms with Gasteiger partial charge in [-0.25, -0.2) is 19.5 Å². The summed E-state index contributed by atoms with van der Waals surface area (Å²) >= 11 is 0. The van der Waals surface area contributed by atoms with E-state index in [4.69, 9.17) is 11.5 Å². The van der Waals surface area contributed by atoms with E-state index in [9.17, 15) is 0 Å². The van der Waals surface area contributed by atoms with Gasteiger partial charge in [-0.1, -0.05) is 0 Å². The molecule has 5 rings (SSSR count). The van der Waals surface area contributed by atoms with Crippen molar-refractivity contribution in [3.8, 4) is 11.1 Å². The number of hydrogen-bond acceptors (Lipinski definition) is 6. The van der Waals surface area contributed by atoms with Crippen molar-refractivity contribution in [3.05, 3.63) is 49.1 Å². The molecule has 0 unspecified atom stereocenters. The molecule has 24 heavy (non-hydrogen) atoms. The normalized spacial score (nSPS) is 23.7. The Bertz CT molecular complexity index is 1060. The van der Waals surface area contributed by atoms with E-state index in [1.165, 1.54) is 0 Å². The fourth-order valence-corrected chi connectivity index (χ4v) is 3.39. The highest BCUT2D eigenvalue weighted by Gasteiger charge is 2.43. The first kappa shape index (κ1) is 13.6. The van der Waals surface area contributed by atoms with Gasteiger partial charge in [0.1, 0.15) is 0 Å². The zero-order valence-electron chi connectivity index (χ0n) is 12.9. The molecule has 8 heteroatoms. The van der Waals surface area contributed by atoms with Crippen LogP contribution in [0.2, 0.25) is 0 Å². The van der Waals surface area contributed by atoms with E-state index in [0.717, 1.165) is 16.6 Å². The number of nitrogens with zero attached hydrogens (tertiary/aromatic N) is 6. The summed E-state index contributed by atoms with van der Waals surface area (Å²) in [7, 11) is 0. The molecule has 1 saturated carbocycles. The van der Waals surface area contributed by atoms with Crippen LogP contribution in [0.3, 0.4) is 0 Å². The molecule has 0 aliphatic heterocycles. The Morgan fingerprint density at radius 2 is 2.00 bits per heavy atom. The van der Waals surface area contributed by atoms with E-state index < -0.39 is 5.54 Å². The van der Waals surface area contributed by atoms with Gasteiger partial charge < -0.3 is 11.5 Å². The highest BCUT2D eigenvalue weighted by molar-refractivity contribution is 5.79. The standard InChI is InChI=1S/C16H16N8/c17-11-5-16(18,6-11)14-20-8-13-12(1-3-24(13)22-14)10-7-21-15-19-2-4-23(15)9-10/h1-4,7-9,11H,5-6,17-18H2. The molecule has 1 aliphatic rings. The van der Waals surface area contributed by atoms with Gasteiger partial charge in [0, 0.05) is 48.2 Å². The number of nitrogens with two attached hydrogens (primary N) is 2. The summed E-state index contributed by atoms with van der Waals surface area (Å²) in [6, 6.07) is 2.14. The summed E-state index contributed by atoms with van der Waals surface area (Å²) in [5.41, 5.74) is 14.6. The van der Waals surface area contributed by atoms with Crippen LogP contribution in [0.5, 0.6) is 0 Å². The molecule has 1 fully saturated rings. The Labute approximate surface area is 137 Å². The van der Waals surface area contributed by atoms with Gasteiger partial charge in [0.15, 0.2) is 5.82 Å². The second-order valence-corrected chi connectivity index (χ2v) is 6.44. The Kier molecular flexibility index (Phi) is 2.60. The molecule has 0 bridgehead atoms. The van der Waals surface area contributed by atoms with Crippen molar-refractivity contribution in [3.63, 3.8) is 0 Å². The maximum absolute atomic E-state index is 6.34. The van der Waals surface area contributed by atoms with Crippen LogP contribution in [0, 0.1) is 0 Å². The average Bonchev–Trinajstić information content (AvgIpc) is 3.18. The van der Waals surface area contributed by atoms with Crippen molar-refractivity contribution >= 4 is 11.3 Å². The summed E-state index contributed by atoms with van der Waals surface area (Å²) in [5.74, 6) is 1.31. The lowest BCUT2D eigenvalue weighted by Gasteiger charge is -2.41. The lowest BCUT2D eigenvalue weighted by atomic mass is 9.73. The van der Waals surface area contributed by atoms with Gasteiger partial charge in [-0.3, -0.25) is 4.40 Å². The number of fused-ring (bicyclic) bond motifs is 2. The van der Waals surface area contributed by atoms with Crippen LogP contribution in [0.15, 0.2) is 43.2 Å². The first-order valence-corrected chi connectivity index (χ1v) is 7.81. The molecule has 4 aromatic rings. The number of imidazole rings is 1. The zero-order chi connectivity index (χ0) is 16.3. The Morgan fingerprint density at radius 1 is 1.12 bits per heavy atom. The van der Waals surface area contributed by atoms with E-state index in [-0.39, 0.29) is 6.04 Å². The maximum Gasteiger partial charge on any atom is 0.233 e. The van der Waals surface area contributed by atoms with Gasteiger partial charge in [0.25, 0.3) is 0 Å². The largest absolute Gasteiger partial charge is 0.328 e. The lowest BCUT2D eigenvalue weighted by molar-refractivity contribution is 0.196. The van der Waals surface area contributed by atoms with Crippen LogP contribution < -0.4 is 11.5 Å². The number of hydrogen-bond donors (Lipinski definition) is 2. The monoisotopic (exact) mass is 320 g/mol. The third-order valence-corrected chi connectivity index (χ3v) is 4.67. The molecular weight excluding hydrogens is 304 g/mol. The van der Waals surface area contributed by atoms with Gasteiger partial charge in [0.2, 0.25) is 5.78 Å². The second-order valence-electron chi connectivity index (χ2n) is 6.44. The van der Waals surface area contributed by atoms with Gasteiger partial charge in [-0.15, -0.1) is 0 Å². The molecule has 0 atom stereocenters. The van der Waals surface area contributed by atoms with E-state index in [0.29, 0.717) is 24.4 Å². The Morgan fingerprint density at radius 3 is 2.83 bits per heavy atom. The molecule has 0 amide bonds. The fourth-order valence-electron chi connectivity index (χ4n) is 3.39. The summed E-state index contributed by atoms with van der Waals surface area (Å²) in [6.07, 6.45) is 12.6. The van der Waals surface area contributed by atoms with Crippen LogP contribution in [0.25, 0.3) is 22.4 Å². The average molecular weight is 320 g/mol. The highest BCUT2D eigenvalue weighted by Crippen LogP contribution is 2.36. The van der Waals surface area contributed by atoms with Crippen molar-refractivity contribution < 1.29 is 0 Å². The predicted octanol–water partition coefficient (Wildman–Crippen LogP) is 0.714. The first-order chi connectivity index (χ1) is 11.6. The van der Waals surface area contributed by atoms with Crippen molar-refractivity contribution in [2.24, 2.45) is 11.5 Å². The molecule has 0 saturated heterocycles. The second kappa shape index (κ2) is 4.59. The molecule has 8 nitrogen and oxygen atoms in total. The molecule has 0 aromatic carbocycles. The summed E-state index contributed by atoms with van der Waals surface area (Å²) in [5, 5.41) is 4.59. The van der Waals surface area contributed by atoms with E-state index in [2.05, 4.69) is 20.1 Å². The Balaban J connectivity index is 1.60. The minimum absolute atomic E-state index is 0.141. The molecule has 4 aromatic heterocycles. The smallest absolute Gasteiger partial charge is 0.233 e. The maximum atomic E-state index is 6.34. The molecule has 0 radical (unpaired) electrons. The first-order valence-electron chi connectivity index (χ1n) is 7.81. The van der Waals surface area contributed by atoms with E-state index >= 15 is 0 Å². The zero-order valence-corrected chi connectivity index (χ0v) is 12.9. The molecule has 4 heterocycles. The minimum Gasteiger partial charge on any atom is -0.328 e. The molecule has 4 N–H and O–H groups in total. The minimum atomic E-state index is -0.505. The van der Waals surface area contributed by atoms with Crippen molar-refractivity contribution in [1.29, 1.82) is 0 Å². The number of aromatic nitrogens is 6. The van der Waals surface area contributed by atoms with E-state index in [1.807, 2.05) is 39.8 Å². The van der Waals surface area contributed by atoms with Crippen molar-refractivity contribution in [2.75, 3.05) is 0 Å². The van der Waals surface area contributed by atoms with Gasteiger partial charge >= 0.3 is 0 Å². The van der Waals surface area contributed by atoms with Crippen LogP contribution in [0.4, 0.5) is 0 Å².